The van der Waals surface area contributed by atoms with Gasteiger partial charge in [0, 0.05) is 38.2 Å². The van der Waals surface area contributed by atoms with Crippen LogP contribution in [-0.4, -0.2) is 33.5 Å². The minimum Gasteiger partial charge on any atom is -0.351 e. The maximum Gasteiger partial charge on any atom is 0.267 e. The summed E-state index contributed by atoms with van der Waals surface area (Å²) in [5.41, 5.74) is 4.88. The van der Waals surface area contributed by atoms with E-state index in [4.69, 9.17) is 0 Å². The van der Waals surface area contributed by atoms with Crippen molar-refractivity contribution in [1.82, 2.24) is 14.7 Å². The molecular weight excluding hydrogens is 366 g/mol. The summed E-state index contributed by atoms with van der Waals surface area (Å²) in [4.78, 5) is 29.5. The molecule has 1 aliphatic rings. The van der Waals surface area contributed by atoms with Crippen LogP contribution < -0.4 is 10.3 Å². The molecule has 7 heteroatoms. The van der Waals surface area contributed by atoms with Crippen LogP contribution in [-0.2, 0) is 16.0 Å². The van der Waals surface area contributed by atoms with E-state index in [0.717, 1.165) is 28.2 Å². The van der Waals surface area contributed by atoms with Crippen LogP contribution >= 0.6 is 0 Å². The average Bonchev–Trinajstić information content (AvgIpc) is 3.13. The summed E-state index contributed by atoms with van der Waals surface area (Å²) >= 11 is 0. The molecule has 0 spiro atoms. The number of aryl methyl sites for hydroxylation is 2. The largest absolute Gasteiger partial charge is 0.351 e. The van der Waals surface area contributed by atoms with Gasteiger partial charge in [-0.2, -0.15) is 5.10 Å². The van der Waals surface area contributed by atoms with Gasteiger partial charge in [0.05, 0.1) is 11.4 Å². The monoisotopic (exact) mass is 389 g/mol. The third-order valence-electron chi connectivity index (χ3n) is 4.97. The molecule has 1 aliphatic heterocycles. The minimum atomic E-state index is -0.239. The predicted molar refractivity (Wildman–Crippen MR) is 112 cm³/mol. The number of fused-ring (bicyclic) bond motifs is 1. The number of aromatic nitrogens is 2. The fourth-order valence-corrected chi connectivity index (χ4v) is 3.37. The Hall–Kier alpha value is -3.48. The molecule has 3 aromatic rings. The van der Waals surface area contributed by atoms with Crippen molar-refractivity contribution < 1.29 is 9.59 Å². The van der Waals surface area contributed by atoms with Crippen LogP contribution in [0.5, 0.6) is 0 Å². The fourth-order valence-electron chi connectivity index (χ4n) is 3.37. The Labute approximate surface area is 169 Å². The van der Waals surface area contributed by atoms with Crippen LogP contribution in [0.3, 0.4) is 0 Å². The van der Waals surface area contributed by atoms with Gasteiger partial charge in [-0.1, -0.05) is 18.2 Å². The summed E-state index contributed by atoms with van der Waals surface area (Å²) in [6, 6.07) is 11.7. The second kappa shape index (κ2) is 7.87. The smallest absolute Gasteiger partial charge is 0.267 e. The SMILES string of the molecule is Cc1ccc(C)c(N2N=C(C(=O)NCCc3cn4ccccc4n3)CCC2=O)c1. The molecule has 0 atom stereocenters. The third kappa shape index (κ3) is 4.03. The lowest BCUT2D eigenvalue weighted by molar-refractivity contribution is -0.118. The normalized spacial score (nSPS) is 14.2. The molecule has 29 heavy (non-hydrogen) atoms. The number of nitrogens with one attached hydrogen (secondary N) is 1. The Morgan fingerprint density at radius 3 is 2.86 bits per heavy atom. The zero-order chi connectivity index (χ0) is 20.4. The number of hydrogen-bond donors (Lipinski definition) is 1. The quantitative estimate of drug-likeness (QED) is 0.729. The number of nitrogens with zero attached hydrogens (tertiary/aromatic N) is 4. The van der Waals surface area contributed by atoms with Gasteiger partial charge in [-0.05, 0) is 43.2 Å². The first-order chi connectivity index (χ1) is 14.0. The number of hydrazone groups is 1. The highest BCUT2D eigenvalue weighted by atomic mass is 16.2. The van der Waals surface area contributed by atoms with Crippen LogP contribution in [0.15, 0.2) is 53.9 Å². The minimum absolute atomic E-state index is 0.0973. The van der Waals surface area contributed by atoms with Gasteiger partial charge in [-0.25, -0.2) is 9.99 Å². The number of rotatable bonds is 5. The van der Waals surface area contributed by atoms with E-state index >= 15 is 0 Å². The molecule has 1 aromatic carbocycles. The number of carbonyl (C=O) groups is 2. The van der Waals surface area contributed by atoms with Gasteiger partial charge < -0.3 is 9.72 Å². The van der Waals surface area contributed by atoms with E-state index in [1.54, 1.807) is 0 Å². The van der Waals surface area contributed by atoms with Gasteiger partial charge in [0.1, 0.15) is 11.4 Å². The lowest BCUT2D eigenvalue weighted by Crippen LogP contribution is -2.40. The van der Waals surface area contributed by atoms with Gasteiger partial charge in [0.15, 0.2) is 0 Å². The van der Waals surface area contributed by atoms with Gasteiger partial charge >= 0.3 is 0 Å². The van der Waals surface area contributed by atoms with Crippen LogP contribution in [0.25, 0.3) is 5.65 Å². The first kappa shape index (κ1) is 18.9. The Morgan fingerprint density at radius 1 is 1.17 bits per heavy atom. The first-order valence-electron chi connectivity index (χ1n) is 9.70. The first-order valence-corrected chi connectivity index (χ1v) is 9.70. The van der Waals surface area contributed by atoms with Crippen LogP contribution in [0.4, 0.5) is 5.69 Å². The van der Waals surface area contributed by atoms with Crippen molar-refractivity contribution in [3.05, 3.63) is 65.6 Å². The highest BCUT2D eigenvalue weighted by Crippen LogP contribution is 2.25. The Morgan fingerprint density at radius 2 is 2.03 bits per heavy atom. The molecule has 2 amide bonds. The van der Waals surface area contributed by atoms with Crippen molar-refractivity contribution in [3.63, 3.8) is 0 Å². The Kier molecular flexibility index (Phi) is 5.12. The van der Waals surface area contributed by atoms with Crippen LogP contribution in [0.1, 0.15) is 29.7 Å². The van der Waals surface area contributed by atoms with Crippen molar-refractivity contribution >= 4 is 28.9 Å². The van der Waals surface area contributed by atoms with E-state index in [2.05, 4.69) is 15.4 Å². The highest BCUT2D eigenvalue weighted by Gasteiger charge is 2.26. The molecule has 0 unspecified atom stereocenters. The van der Waals surface area contributed by atoms with Gasteiger partial charge in [-0.3, -0.25) is 9.59 Å². The van der Waals surface area contributed by atoms with Gasteiger partial charge in [0.2, 0.25) is 5.91 Å². The number of amides is 2. The molecule has 4 rings (SSSR count). The van der Waals surface area contributed by atoms with E-state index in [-0.39, 0.29) is 18.2 Å². The zero-order valence-electron chi connectivity index (χ0n) is 16.6. The average molecular weight is 389 g/mol. The van der Waals surface area contributed by atoms with E-state index < -0.39 is 0 Å². The van der Waals surface area contributed by atoms with E-state index in [0.29, 0.717) is 25.1 Å². The Bertz CT molecular complexity index is 1080. The summed E-state index contributed by atoms with van der Waals surface area (Å²) in [5.74, 6) is -0.337. The summed E-state index contributed by atoms with van der Waals surface area (Å²) < 4.78 is 1.95. The lowest BCUT2D eigenvalue weighted by atomic mass is 10.1. The molecule has 3 heterocycles. The maximum absolute atomic E-state index is 12.6. The van der Waals surface area contributed by atoms with E-state index in [1.165, 1.54) is 5.01 Å². The van der Waals surface area contributed by atoms with Crippen molar-refractivity contribution in [3.8, 4) is 0 Å². The second-order valence-corrected chi connectivity index (χ2v) is 7.25. The van der Waals surface area contributed by atoms with Crippen molar-refractivity contribution in [2.45, 2.75) is 33.1 Å². The molecule has 0 radical (unpaired) electrons. The summed E-state index contributed by atoms with van der Waals surface area (Å²) in [6.07, 6.45) is 5.15. The van der Waals surface area contributed by atoms with Crippen molar-refractivity contribution in [2.24, 2.45) is 5.10 Å². The number of pyridine rings is 1. The molecule has 0 bridgehead atoms. The molecular formula is C22H23N5O2. The lowest BCUT2D eigenvalue weighted by Gasteiger charge is -2.24. The highest BCUT2D eigenvalue weighted by molar-refractivity contribution is 6.40. The standard InChI is InChI=1S/C22H23N5O2/c1-15-6-7-16(2)19(13-15)27-21(28)9-8-18(25-27)22(29)23-11-10-17-14-26-12-4-3-5-20(26)24-17/h3-7,12-14H,8-11H2,1-2H3,(H,23,29). The fraction of sp³-hybridized carbons (Fsp3) is 0.273. The van der Waals surface area contributed by atoms with Gasteiger partial charge in [0.25, 0.3) is 5.91 Å². The molecule has 1 N–H and O–H groups in total. The van der Waals surface area contributed by atoms with Crippen molar-refractivity contribution in [2.75, 3.05) is 11.6 Å². The summed E-state index contributed by atoms with van der Waals surface area (Å²) in [6.45, 7) is 4.36. The number of anilines is 1. The predicted octanol–water partition coefficient (Wildman–Crippen LogP) is 2.79. The molecule has 0 saturated heterocycles. The van der Waals surface area contributed by atoms with Crippen LogP contribution in [0.2, 0.25) is 0 Å². The summed E-state index contributed by atoms with van der Waals surface area (Å²) in [7, 11) is 0. The zero-order valence-corrected chi connectivity index (χ0v) is 16.6. The molecule has 2 aromatic heterocycles. The molecule has 7 nitrogen and oxygen atoms in total. The van der Waals surface area contributed by atoms with E-state index in [9.17, 15) is 9.59 Å². The number of benzene rings is 1. The Balaban J connectivity index is 1.43. The number of carbonyl (C=O) groups excluding carboxylic acids is 2. The number of hydrogen-bond acceptors (Lipinski definition) is 4. The molecule has 0 fully saturated rings. The molecule has 0 aliphatic carbocycles. The molecule has 0 saturated carbocycles. The number of imidazole rings is 1. The maximum atomic E-state index is 12.6. The van der Waals surface area contributed by atoms with Crippen LogP contribution in [0, 0.1) is 13.8 Å². The summed E-state index contributed by atoms with van der Waals surface area (Å²) in [5, 5.41) is 8.63. The molecule has 148 valence electrons. The van der Waals surface area contributed by atoms with Crippen molar-refractivity contribution in [1.29, 1.82) is 0 Å². The van der Waals surface area contributed by atoms with Gasteiger partial charge in [-0.15, -0.1) is 0 Å². The second-order valence-electron chi connectivity index (χ2n) is 7.25. The third-order valence-corrected chi connectivity index (χ3v) is 4.97. The van der Waals surface area contributed by atoms with E-state index in [1.807, 2.05) is 67.0 Å². The topological polar surface area (TPSA) is 79.1 Å².